The van der Waals surface area contributed by atoms with Crippen molar-refractivity contribution in [1.82, 2.24) is 4.98 Å². The second kappa shape index (κ2) is 4.86. The first-order valence-corrected chi connectivity index (χ1v) is 6.74. The van der Waals surface area contributed by atoms with Gasteiger partial charge in [-0.3, -0.25) is 0 Å². The molecule has 0 spiro atoms. The van der Waals surface area contributed by atoms with Crippen LogP contribution in [0.2, 0.25) is 0 Å². The average molecular weight is 248 g/mol. The van der Waals surface area contributed by atoms with Gasteiger partial charge in [-0.05, 0) is 37.8 Å². The van der Waals surface area contributed by atoms with E-state index in [1.54, 1.807) is 0 Å². The standard InChI is InChI=1S/C14H20N2O2/c1-10-7-11-4-6-18-9-13(11)14(15-10)16-5-2-3-12(16)8-17/h7,12,17H,2-6,8-9H2,1H3. The van der Waals surface area contributed by atoms with Crippen LogP contribution < -0.4 is 4.90 Å². The lowest BCUT2D eigenvalue weighted by Gasteiger charge is -2.29. The first-order chi connectivity index (χ1) is 8.79. The van der Waals surface area contributed by atoms with Crippen molar-refractivity contribution in [3.63, 3.8) is 0 Å². The van der Waals surface area contributed by atoms with Crippen LogP contribution in [0.4, 0.5) is 5.82 Å². The van der Waals surface area contributed by atoms with Gasteiger partial charge < -0.3 is 14.7 Å². The van der Waals surface area contributed by atoms with E-state index in [4.69, 9.17) is 9.72 Å². The summed E-state index contributed by atoms with van der Waals surface area (Å²) in [5.41, 5.74) is 3.66. The summed E-state index contributed by atoms with van der Waals surface area (Å²) in [5, 5.41) is 9.47. The number of aliphatic hydroxyl groups excluding tert-OH is 1. The van der Waals surface area contributed by atoms with E-state index in [1.165, 1.54) is 11.1 Å². The average Bonchev–Trinajstić information content (AvgIpc) is 2.85. The van der Waals surface area contributed by atoms with Crippen LogP contribution in [-0.4, -0.2) is 35.9 Å². The van der Waals surface area contributed by atoms with Gasteiger partial charge in [-0.1, -0.05) is 0 Å². The number of rotatable bonds is 2. The SMILES string of the molecule is Cc1cc2c(c(N3CCCC3CO)n1)COCC2. The quantitative estimate of drug-likeness (QED) is 0.860. The second-order valence-electron chi connectivity index (χ2n) is 5.20. The van der Waals surface area contributed by atoms with Crippen LogP contribution in [0.15, 0.2) is 6.07 Å². The third-order valence-electron chi connectivity index (χ3n) is 3.94. The molecule has 4 nitrogen and oxygen atoms in total. The van der Waals surface area contributed by atoms with Crippen molar-refractivity contribution in [3.05, 3.63) is 22.9 Å². The molecule has 1 aromatic heterocycles. The molecule has 1 aromatic rings. The lowest BCUT2D eigenvalue weighted by molar-refractivity contribution is 0.110. The third-order valence-corrected chi connectivity index (χ3v) is 3.94. The summed E-state index contributed by atoms with van der Waals surface area (Å²) in [6.45, 7) is 4.72. The molecule has 0 amide bonds. The van der Waals surface area contributed by atoms with Gasteiger partial charge >= 0.3 is 0 Å². The van der Waals surface area contributed by atoms with Gasteiger partial charge in [-0.25, -0.2) is 4.98 Å². The van der Waals surface area contributed by atoms with Gasteiger partial charge in [-0.15, -0.1) is 0 Å². The number of nitrogens with zero attached hydrogens (tertiary/aromatic N) is 2. The molecule has 98 valence electrons. The summed E-state index contributed by atoms with van der Waals surface area (Å²) in [6, 6.07) is 2.40. The van der Waals surface area contributed by atoms with E-state index in [2.05, 4.69) is 11.0 Å². The van der Waals surface area contributed by atoms with Gasteiger partial charge in [0.1, 0.15) is 5.82 Å². The maximum Gasteiger partial charge on any atom is 0.134 e. The zero-order valence-electron chi connectivity index (χ0n) is 10.9. The summed E-state index contributed by atoms with van der Waals surface area (Å²) in [7, 11) is 0. The van der Waals surface area contributed by atoms with Crippen molar-refractivity contribution >= 4 is 5.82 Å². The third kappa shape index (κ3) is 1.99. The number of pyridine rings is 1. The van der Waals surface area contributed by atoms with Gasteiger partial charge in [0.05, 0.1) is 25.9 Å². The molecule has 3 heterocycles. The maximum absolute atomic E-state index is 9.47. The predicted octanol–water partition coefficient (Wildman–Crippen LogP) is 1.42. The molecule has 1 N–H and O–H groups in total. The molecular formula is C14H20N2O2. The van der Waals surface area contributed by atoms with Crippen LogP contribution in [0, 0.1) is 6.92 Å². The van der Waals surface area contributed by atoms with E-state index in [0.29, 0.717) is 6.61 Å². The van der Waals surface area contributed by atoms with E-state index >= 15 is 0 Å². The van der Waals surface area contributed by atoms with Crippen LogP contribution in [0.1, 0.15) is 29.7 Å². The first kappa shape index (κ1) is 11.9. The van der Waals surface area contributed by atoms with Crippen molar-refractivity contribution in [3.8, 4) is 0 Å². The Labute approximate surface area is 108 Å². The molecule has 0 bridgehead atoms. The molecule has 1 fully saturated rings. The molecule has 0 radical (unpaired) electrons. The Hall–Kier alpha value is -1.13. The zero-order valence-corrected chi connectivity index (χ0v) is 10.9. The van der Waals surface area contributed by atoms with E-state index in [0.717, 1.165) is 43.9 Å². The molecule has 1 atom stereocenters. The molecule has 0 aliphatic carbocycles. The molecule has 1 saturated heterocycles. The summed E-state index contributed by atoms with van der Waals surface area (Å²) in [4.78, 5) is 6.97. The molecule has 2 aliphatic rings. The van der Waals surface area contributed by atoms with Gasteiger partial charge in [0, 0.05) is 17.8 Å². The Bertz CT molecular complexity index is 448. The molecule has 0 saturated carbocycles. The number of hydrogen-bond acceptors (Lipinski definition) is 4. The second-order valence-corrected chi connectivity index (χ2v) is 5.20. The van der Waals surface area contributed by atoms with Crippen LogP contribution in [0.3, 0.4) is 0 Å². The van der Waals surface area contributed by atoms with Crippen molar-refractivity contribution in [1.29, 1.82) is 0 Å². The maximum atomic E-state index is 9.47. The predicted molar refractivity (Wildman–Crippen MR) is 69.8 cm³/mol. The molecule has 1 unspecified atom stereocenters. The van der Waals surface area contributed by atoms with Crippen LogP contribution in [-0.2, 0) is 17.8 Å². The number of ether oxygens (including phenoxy) is 1. The largest absolute Gasteiger partial charge is 0.394 e. The Morgan fingerprint density at radius 2 is 2.44 bits per heavy atom. The highest BCUT2D eigenvalue weighted by molar-refractivity contribution is 5.53. The number of aromatic nitrogens is 1. The molecule has 18 heavy (non-hydrogen) atoms. The van der Waals surface area contributed by atoms with Crippen LogP contribution in [0.5, 0.6) is 0 Å². The number of hydrogen-bond donors (Lipinski definition) is 1. The molecule has 0 aromatic carbocycles. The monoisotopic (exact) mass is 248 g/mol. The van der Waals surface area contributed by atoms with Gasteiger partial charge in [0.15, 0.2) is 0 Å². The summed E-state index contributed by atoms with van der Waals surface area (Å²) >= 11 is 0. The topological polar surface area (TPSA) is 45.6 Å². The van der Waals surface area contributed by atoms with Crippen molar-refractivity contribution in [2.24, 2.45) is 0 Å². The van der Waals surface area contributed by atoms with E-state index in [-0.39, 0.29) is 12.6 Å². The smallest absolute Gasteiger partial charge is 0.134 e. The summed E-state index contributed by atoms with van der Waals surface area (Å²) in [5.74, 6) is 1.04. The fourth-order valence-corrected chi connectivity index (χ4v) is 3.03. The molecular weight excluding hydrogens is 228 g/mol. The Morgan fingerprint density at radius 3 is 3.28 bits per heavy atom. The summed E-state index contributed by atoms with van der Waals surface area (Å²) in [6.07, 6.45) is 3.17. The van der Waals surface area contributed by atoms with E-state index in [1.807, 2.05) is 6.92 Å². The Kier molecular flexibility index (Phi) is 3.22. The van der Waals surface area contributed by atoms with Gasteiger partial charge in [0.25, 0.3) is 0 Å². The highest BCUT2D eigenvalue weighted by Crippen LogP contribution is 2.31. The molecule has 4 heteroatoms. The fourth-order valence-electron chi connectivity index (χ4n) is 3.03. The Morgan fingerprint density at radius 1 is 1.56 bits per heavy atom. The highest BCUT2D eigenvalue weighted by atomic mass is 16.5. The zero-order chi connectivity index (χ0) is 12.5. The van der Waals surface area contributed by atoms with Gasteiger partial charge in [-0.2, -0.15) is 0 Å². The summed E-state index contributed by atoms with van der Waals surface area (Å²) < 4.78 is 5.58. The molecule has 2 aliphatic heterocycles. The van der Waals surface area contributed by atoms with Crippen LogP contribution >= 0.6 is 0 Å². The highest BCUT2D eigenvalue weighted by Gasteiger charge is 2.28. The lowest BCUT2D eigenvalue weighted by Crippen LogP contribution is -2.34. The van der Waals surface area contributed by atoms with Crippen molar-refractivity contribution in [2.45, 2.75) is 38.8 Å². The normalized spacial score (nSPS) is 23.2. The van der Waals surface area contributed by atoms with Crippen LogP contribution in [0.25, 0.3) is 0 Å². The van der Waals surface area contributed by atoms with E-state index < -0.39 is 0 Å². The van der Waals surface area contributed by atoms with E-state index in [9.17, 15) is 5.11 Å². The van der Waals surface area contributed by atoms with Crippen molar-refractivity contribution < 1.29 is 9.84 Å². The molecule has 3 rings (SSSR count). The number of anilines is 1. The lowest BCUT2D eigenvalue weighted by atomic mass is 10.0. The Balaban J connectivity index is 2.02. The minimum atomic E-state index is 0.214. The number of aryl methyl sites for hydroxylation is 1. The minimum Gasteiger partial charge on any atom is -0.394 e. The van der Waals surface area contributed by atoms with Gasteiger partial charge in [0.2, 0.25) is 0 Å². The van der Waals surface area contributed by atoms with Crippen molar-refractivity contribution in [2.75, 3.05) is 24.7 Å². The number of fused-ring (bicyclic) bond motifs is 1. The number of aliphatic hydroxyl groups is 1. The fraction of sp³-hybridized carbons (Fsp3) is 0.643. The minimum absolute atomic E-state index is 0.214. The first-order valence-electron chi connectivity index (χ1n) is 6.74.